The Bertz CT molecular complexity index is 657. The fourth-order valence-corrected chi connectivity index (χ4v) is 2.97. The topological polar surface area (TPSA) is 188 Å². The molecule has 0 aliphatic rings. The van der Waals surface area contributed by atoms with E-state index in [4.69, 9.17) is 10.8 Å². The molecule has 7 N–H and O–H groups in total. The Morgan fingerprint density at radius 2 is 1.35 bits per heavy atom. The minimum atomic E-state index is -1.44. The van der Waals surface area contributed by atoms with Crippen LogP contribution in [0.2, 0.25) is 0 Å². The molecule has 12 heteroatoms. The summed E-state index contributed by atoms with van der Waals surface area (Å²) in [5.74, 6) is -4.95. The van der Waals surface area contributed by atoms with Gasteiger partial charge < -0.3 is 31.9 Å². The Kier molecular flexibility index (Phi) is 12.8. The maximum absolute atomic E-state index is 12.7. The van der Waals surface area contributed by atoms with E-state index < -0.39 is 66.2 Å². The lowest BCUT2D eigenvalue weighted by Crippen LogP contribution is -2.58. The highest BCUT2D eigenvalue weighted by molar-refractivity contribution is 7.98. The van der Waals surface area contributed by atoms with Crippen LogP contribution < -0.4 is 21.7 Å². The lowest BCUT2D eigenvalue weighted by Gasteiger charge is -2.26. The van der Waals surface area contributed by atoms with Gasteiger partial charge in [0.05, 0.1) is 12.5 Å². The molecule has 3 amide bonds. The standard InChI is InChI=1S/C19H34N4O7S/c1-9(2)14(20)18(28)22-12(8-13(24)25)17(27)21-11(6-7-31-5)16(26)23-15(10(3)4)19(29)30/h9-12,14-15H,6-8,20H2,1-5H3,(H,21,27)(H,22,28)(H,23,26)(H,24,25)(H,29,30). The van der Waals surface area contributed by atoms with Crippen molar-refractivity contribution in [1.29, 1.82) is 0 Å². The molecule has 11 nitrogen and oxygen atoms in total. The van der Waals surface area contributed by atoms with Gasteiger partial charge in [0.15, 0.2) is 0 Å². The van der Waals surface area contributed by atoms with Gasteiger partial charge in [0.2, 0.25) is 17.7 Å². The molecular formula is C19H34N4O7S. The van der Waals surface area contributed by atoms with Gasteiger partial charge >= 0.3 is 11.9 Å². The van der Waals surface area contributed by atoms with Crippen LogP contribution in [0.25, 0.3) is 0 Å². The van der Waals surface area contributed by atoms with E-state index in [-0.39, 0.29) is 12.3 Å². The fourth-order valence-electron chi connectivity index (χ4n) is 2.50. The third-order valence-corrected chi connectivity index (χ3v) is 5.15. The van der Waals surface area contributed by atoms with Crippen LogP contribution >= 0.6 is 11.8 Å². The van der Waals surface area contributed by atoms with Gasteiger partial charge in [-0.2, -0.15) is 11.8 Å². The van der Waals surface area contributed by atoms with Gasteiger partial charge in [-0.25, -0.2) is 4.79 Å². The largest absolute Gasteiger partial charge is 0.481 e. The summed E-state index contributed by atoms with van der Waals surface area (Å²) in [4.78, 5) is 60.1. The lowest BCUT2D eigenvalue weighted by molar-refractivity contribution is -0.144. The first kappa shape index (κ1) is 28.7. The quantitative estimate of drug-likeness (QED) is 0.196. The van der Waals surface area contributed by atoms with Crippen molar-refractivity contribution < 1.29 is 34.2 Å². The van der Waals surface area contributed by atoms with Gasteiger partial charge in [-0.1, -0.05) is 27.7 Å². The lowest BCUT2D eigenvalue weighted by atomic mass is 10.0. The van der Waals surface area contributed by atoms with Crippen molar-refractivity contribution in [1.82, 2.24) is 16.0 Å². The van der Waals surface area contributed by atoms with E-state index in [1.165, 1.54) is 11.8 Å². The van der Waals surface area contributed by atoms with Gasteiger partial charge in [-0.3, -0.25) is 19.2 Å². The molecule has 0 aliphatic carbocycles. The highest BCUT2D eigenvalue weighted by atomic mass is 32.2. The molecule has 0 heterocycles. The molecule has 0 aromatic carbocycles. The van der Waals surface area contributed by atoms with Crippen molar-refractivity contribution in [2.24, 2.45) is 17.6 Å². The first-order valence-corrected chi connectivity index (χ1v) is 11.3. The summed E-state index contributed by atoms with van der Waals surface area (Å²) in [6, 6.07) is -4.64. The van der Waals surface area contributed by atoms with Crippen LogP contribution in [0.1, 0.15) is 40.5 Å². The molecule has 0 aromatic heterocycles. The van der Waals surface area contributed by atoms with Crippen LogP contribution in [0.5, 0.6) is 0 Å². The smallest absolute Gasteiger partial charge is 0.326 e. The summed E-state index contributed by atoms with van der Waals surface area (Å²) in [6.45, 7) is 6.66. The monoisotopic (exact) mass is 462 g/mol. The molecule has 0 radical (unpaired) electrons. The number of carboxylic acid groups (broad SMARTS) is 2. The van der Waals surface area contributed by atoms with Crippen molar-refractivity contribution in [2.75, 3.05) is 12.0 Å². The van der Waals surface area contributed by atoms with E-state index in [1.807, 2.05) is 0 Å². The van der Waals surface area contributed by atoms with E-state index in [9.17, 15) is 29.1 Å². The second-order valence-corrected chi connectivity index (χ2v) is 8.83. The van der Waals surface area contributed by atoms with Crippen LogP contribution in [-0.4, -0.2) is 76.0 Å². The normalized spacial score (nSPS) is 15.0. The summed E-state index contributed by atoms with van der Waals surface area (Å²) in [6.07, 6.45) is 1.27. The molecule has 0 fully saturated rings. The number of rotatable bonds is 14. The number of carboxylic acids is 2. The molecule has 178 valence electrons. The predicted octanol–water partition coefficient (Wildman–Crippen LogP) is -0.607. The van der Waals surface area contributed by atoms with Crippen LogP contribution in [-0.2, 0) is 24.0 Å². The first-order valence-electron chi connectivity index (χ1n) is 9.91. The van der Waals surface area contributed by atoms with Gasteiger partial charge in [0.1, 0.15) is 18.1 Å². The Hall–Kier alpha value is -2.34. The van der Waals surface area contributed by atoms with Crippen molar-refractivity contribution in [2.45, 2.75) is 64.7 Å². The number of nitrogens with one attached hydrogen (secondary N) is 3. The van der Waals surface area contributed by atoms with Gasteiger partial charge in [0.25, 0.3) is 0 Å². The number of hydrogen-bond donors (Lipinski definition) is 6. The molecule has 4 unspecified atom stereocenters. The minimum absolute atomic E-state index is 0.183. The number of carbonyl (C=O) groups excluding carboxylic acids is 3. The average molecular weight is 463 g/mol. The Labute approximate surface area is 186 Å². The molecule has 0 aromatic rings. The highest BCUT2D eigenvalue weighted by Crippen LogP contribution is 2.07. The maximum Gasteiger partial charge on any atom is 0.326 e. The number of carbonyl (C=O) groups is 5. The van der Waals surface area contributed by atoms with Gasteiger partial charge in [-0.05, 0) is 30.3 Å². The second kappa shape index (κ2) is 13.9. The van der Waals surface area contributed by atoms with Crippen LogP contribution in [0.3, 0.4) is 0 Å². The molecule has 0 spiro atoms. The summed E-state index contributed by atoms with van der Waals surface area (Å²) < 4.78 is 0. The fraction of sp³-hybridized carbons (Fsp3) is 0.737. The number of nitrogens with two attached hydrogens (primary N) is 1. The van der Waals surface area contributed by atoms with Crippen molar-refractivity contribution in [3.63, 3.8) is 0 Å². The van der Waals surface area contributed by atoms with E-state index in [0.29, 0.717) is 5.75 Å². The third-order valence-electron chi connectivity index (χ3n) is 4.51. The van der Waals surface area contributed by atoms with E-state index in [1.54, 1.807) is 34.0 Å². The minimum Gasteiger partial charge on any atom is -0.481 e. The predicted molar refractivity (Wildman–Crippen MR) is 116 cm³/mol. The highest BCUT2D eigenvalue weighted by Gasteiger charge is 2.32. The van der Waals surface area contributed by atoms with Gasteiger partial charge in [0, 0.05) is 0 Å². The molecule has 0 saturated carbocycles. The van der Waals surface area contributed by atoms with Crippen molar-refractivity contribution in [3.8, 4) is 0 Å². The molecule has 0 saturated heterocycles. The van der Waals surface area contributed by atoms with Crippen LogP contribution in [0, 0.1) is 11.8 Å². The SMILES string of the molecule is CSCCC(NC(=O)C(CC(=O)O)NC(=O)C(N)C(C)C)C(=O)NC(C(=O)O)C(C)C. The number of thioether (sulfide) groups is 1. The van der Waals surface area contributed by atoms with E-state index in [0.717, 1.165) is 0 Å². The summed E-state index contributed by atoms with van der Waals surface area (Å²) >= 11 is 1.41. The zero-order chi connectivity index (χ0) is 24.3. The zero-order valence-corrected chi connectivity index (χ0v) is 19.3. The molecule has 4 atom stereocenters. The van der Waals surface area contributed by atoms with Crippen molar-refractivity contribution in [3.05, 3.63) is 0 Å². The Morgan fingerprint density at radius 1 is 0.839 bits per heavy atom. The number of hydrogen-bond acceptors (Lipinski definition) is 7. The van der Waals surface area contributed by atoms with E-state index in [2.05, 4.69) is 16.0 Å². The third kappa shape index (κ3) is 10.5. The molecule has 0 bridgehead atoms. The number of amides is 3. The van der Waals surface area contributed by atoms with Crippen LogP contribution in [0.4, 0.5) is 0 Å². The first-order chi connectivity index (χ1) is 14.3. The molecule has 0 aliphatic heterocycles. The molecule has 31 heavy (non-hydrogen) atoms. The van der Waals surface area contributed by atoms with Gasteiger partial charge in [-0.15, -0.1) is 0 Å². The summed E-state index contributed by atoms with van der Waals surface area (Å²) in [7, 11) is 0. The summed E-state index contributed by atoms with van der Waals surface area (Å²) in [5.41, 5.74) is 5.75. The second-order valence-electron chi connectivity index (χ2n) is 7.84. The molecular weight excluding hydrogens is 428 g/mol. The Balaban J connectivity index is 5.48. The maximum atomic E-state index is 12.7. The Morgan fingerprint density at radius 3 is 1.77 bits per heavy atom. The van der Waals surface area contributed by atoms with Crippen molar-refractivity contribution >= 4 is 41.4 Å². The molecule has 0 rings (SSSR count). The zero-order valence-electron chi connectivity index (χ0n) is 18.5. The summed E-state index contributed by atoms with van der Waals surface area (Å²) in [5, 5.41) is 25.5. The average Bonchev–Trinajstić information content (AvgIpc) is 2.66. The van der Waals surface area contributed by atoms with Crippen LogP contribution in [0.15, 0.2) is 0 Å². The number of aliphatic carboxylic acids is 2. The van der Waals surface area contributed by atoms with E-state index >= 15 is 0 Å².